The van der Waals surface area contributed by atoms with E-state index in [4.69, 9.17) is 0 Å². The van der Waals surface area contributed by atoms with E-state index in [0.29, 0.717) is 4.90 Å². The van der Waals surface area contributed by atoms with Crippen LogP contribution in [0.2, 0.25) is 0 Å². The fourth-order valence-corrected chi connectivity index (χ4v) is 1.09. The maximum Gasteiger partial charge on any atom is 0.325 e. The highest BCUT2D eigenvalue weighted by molar-refractivity contribution is 6.07. The Kier molecular flexibility index (Phi) is 1.99. The van der Waals surface area contributed by atoms with Crippen molar-refractivity contribution in [3.63, 3.8) is 0 Å². The second-order valence-electron chi connectivity index (χ2n) is 3.32. The van der Waals surface area contributed by atoms with E-state index in [2.05, 4.69) is 5.32 Å². The molecule has 6 heteroatoms. The monoisotopic (exact) mass is 185 g/mol. The average Bonchev–Trinajstić information content (AvgIpc) is 2.12. The van der Waals surface area contributed by atoms with Crippen molar-refractivity contribution in [2.45, 2.75) is 19.4 Å². The molecule has 1 aliphatic rings. The van der Waals surface area contributed by atoms with Crippen LogP contribution in [0.25, 0.3) is 0 Å². The summed E-state index contributed by atoms with van der Waals surface area (Å²) in [5.41, 5.74) is -1.02. The fraction of sp³-hybridized carbons (Fsp3) is 0.571. The molecule has 0 aromatic carbocycles. The smallest absolute Gasteiger partial charge is 0.325 e. The number of carbonyl (C=O) groups is 3. The minimum atomic E-state index is -1.46. The fourth-order valence-electron chi connectivity index (χ4n) is 1.09. The number of nitrogens with one attached hydrogen (secondary N) is 1. The first-order chi connectivity index (χ1) is 5.84. The van der Waals surface area contributed by atoms with Crippen molar-refractivity contribution in [3.05, 3.63) is 0 Å². The first-order valence-corrected chi connectivity index (χ1v) is 3.68. The number of rotatable bonds is 2. The molecule has 1 fully saturated rings. The van der Waals surface area contributed by atoms with Crippen LogP contribution in [-0.4, -0.2) is 34.9 Å². The molecule has 0 radical (unpaired) electrons. The Morgan fingerprint density at radius 2 is 2.08 bits per heavy atom. The highest BCUT2D eigenvalue weighted by atomic mass is 16.4. The van der Waals surface area contributed by atoms with Gasteiger partial charge in [-0.05, 0) is 13.8 Å². The van der Waals surface area contributed by atoms with Gasteiger partial charge in [0.1, 0.15) is 5.54 Å². The van der Waals surface area contributed by atoms with Crippen molar-refractivity contribution in [2.24, 2.45) is 0 Å². The summed E-state index contributed by atoms with van der Waals surface area (Å²) in [6, 6.07) is -0.695. The highest BCUT2D eigenvalue weighted by Gasteiger charge is 2.43. The van der Waals surface area contributed by atoms with Gasteiger partial charge in [-0.25, -0.2) is 4.79 Å². The maximum atomic E-state index is 11.3. The van der Waals surface area contributed by atoms with Crippen LogP contribution in [-0.2, 0) is 9.59 Å². The molecule has 0 aliphatic carbocycles. The summed E-state index contributed by atoms with van der Waals surface area (Å²) in [7, 11) is 0. The molecule has 3 amide bonds. The second-order valence-corrected chi connectivity index (χ2v) is 3.32. The van der Waals surface area contributed by atoms with E-state index in [1.165, 1.54) is 13.8 Å². The number of carboxylic acid groups (broad SMARTS) is 1. The Bertz CT molecular complexity index is 284. The molecule has 0 aromatic heterocycles. The van der Waals surface area contributed by atoms with E-state index in [9.17, 15) is 19.5 Å². The number of aliphatic carboxylic acids is 1. The molecular weight excluding hydrogens is 176 g/mol. The summed E-state index contributed by atoms with van der Waals surface area (Å²) >= 11 is 0. The van der Waals surface area contributed by atoms with Gasteiger partial charge in [0.2, 0.25) is 0 Å². The molecule has 72 valence electrons. The van der Waals surface area contributed by atoms with Gasteiger partial charge in [0.05, 0.1) is 12.5 Å². The van der Waals surface area contributed by atoms with Gasteiger partial charge in [0.15, 0.2) is 0 Å². The zero-order chi connectivity index (χ0) is 10.2. The van der Waals surface area contributed by atoms with Crippen molar-refractivity contribution in [3.8, 4) is 0 Å². The zero-order valence-corrected chi connectivity index (χ0v) is 7.29. The van der Waals surface area contributed by atoms with Crippen LogP contribution in [0.1, 0.15) is 13.8 Å². The second kappa shape index (κ2) is 2.72. The van der Waals surface area contributed by atoms with Crippen molar-refractivity contribution in [1.29, 1.82) is 0 Å². The van der Waals surface area contributed by atoms with Crippen LogP contribution in [0.15, 0.2) is 0 Å². The van der Waals surface area contributed by atoms with Gasteiger partial charge < -0.3 is 15.2 Å². The summed E-state index contributed by atoms with van der Waals surface area (Å²) in [4.78, 5) is 33.2. The lowest BCUT2D eigenvalue weighted by Gasteiger charge is -2.15. The predicted octanol–water partition coefficient (Wildman–Crippen LogP) is -1.93. The number of amides is 3. The summed E-state index contributed by atoms with van der Waals surface area (Å²) < 4.78 is 0. The van der Waals surface area contributed by atoms with Crippen molar-refractivity contribution >= 4 is 17.9 Å². The van der Waals surface area contributed by atoms with Crippen LogP contribution in [0.3, 0.4) is 0 Å². The molecule has 0 aromatic rings. The van der Waals surface area contributed by atoms with Crippen molar-refractivity contribution < 1.29 is 19.5 Å². The average molecular weight is 185 g/mol. The number of imide groups is 1. The maximum absolute atomic E-state index is 11.3. The Balaban J connectivity index is 2.83. The minimum absolute atomic E-state index is 0.554. The van der Waals surface area contributed by atoms with Gasteiger partial charge in [0.25, 0.3) is 5.91 Å². The van der Waals surface area contributed by atoms with Crippen molar-refractivity contribution in [2.75, 3.05) is 6.54 Å². The zero-order valence-electron chi connectivity index (χ0n) is 7.29. The largest absolute Gasteiger partial charge is 0.548 e. The summed E-state index contributed by atoms with van der Waals surface area (Å²) in [6.07, 6.45) is 0. The Morgan fingerprint density at radius 1 is 1.54 bits per heavy atom. The minimum Gasteiger partial charge on any atom is -0.548 e. The first kappa shape index (κ1) is 9.50. The Morgan fingerprint density at radius 3 is 2.38 bits per heavy atom. The molecule has 6 nitrogen and oxygen atoms in total. The van der Waals surface area contributed by atoms with Gasteiger partial charge in [-0.3, -0.25) is 9.69 Å². The lowest BCUT2D eigenvalue weighted by Crippen LogP contribution is -2.43. The number of hydrogen-bond acceptors (Lipinski definition) is 4. The van der Waals surface area contributed by atoms with Gasteiger partial charge in [0, 0.05) is 0 Å². The molecule has 0 spiro atoms. The van der Waals surface area contributed by atoms with E-state index in [1.54, 1.807) is 0 Å². The molecule has 1 N–H and O–H groups in total. The SMILES string of the molecule is CC1(C)NC(=O)N(CC(=O)[O-])C1=O. The van der Waals surface area contributed by atoms with Gasteiger partial charge in [-0.2, -0.15) is 0 Å². The van der Waals surface area contributed by atoms with Gasteiger partial charge in [-0.1, -0.05) is 0 Å². The van der Waals surface area contributed by atoms with E-state index >= 15 is 0 Å². The van der Waals surface area contributed by atoms with E-state index in [1.807, 2.05) is 0 Å². The first-order valence-electron chi connectivity index (χ1n) is 3.68. The molecule has 0 unspecified atom stereocenters. The summed E-state index contributed by atoms with van der Waals surface area (Å²) in [5.74, 6) is -2.01. The van der Waals surface area contributed by atoms with Crippen LogP contribution in [0.4, 0.5) is 4.79 Å². The van der Waals surface area contributed by atoms with Crippen LogP contribution in [0.5, 0.6) is 0 Å². The van der Waals surface area contributed by atoms with E-state index in [0.717, 1.165) is 0 Å². The van der Waals surface area contributed by atoms with Gasteiger partial charge in [-0.15, -0.1) is 0 Å². The Labute approximate surface area is 74.5 Å². The van der Waals surface area contributed by atoms with E-state index < -0.39 is 30.0 Å². The molecular formula is C7H9N2O4-. The molecule has 0 bridgehead atoms. The molecule has 1 aliphatic heterocycles. The quantitative estimate of drug-likeness (QED) is 0.507. The van der Waals surface area contributed by atoms with Gasteiger partial charge >= 0.3 is 6.03 Å². The number of nitrogens with zero attached hydrogens (tertiary/aromatic N) is 1. The third-order valence-corrected chi connectivity index (χ3v) is 1.73. The number of urea groups is 1. The lowest BCUT2D eigenvalue weighted by atomic mass is 10.1. The normalized spacial score (nSPS) is 20.3. The predicted molar refractivity (Wildman–Crippen MR) is 39.3 cm³/mol. The number of hydrogen-bond donors (Lipinski definition) is 1. The molecule has 13 heavy (non-hydrogen) atoms. The summed E-state index contributed by atoms with van der Waals surface area (Å²) in [5, 5.41) is 12.5. The molecule has 1 saturated heterocycles. The standard InChI is InChI=1S/C7H10N2O4/c1-7(2)5(12)9(3-4(10)11)6(13)8-7/h3H2,1-2H3,(H,8,13)(H,10,11)/p-1. The van der Waals surface area contributed by atoms with Crippen LogP contribution in [0, 0.1) is 0 Å². The molecule has 0 atom stereocenters. The van der Waals surface area contributed by atoms with Crippen molar-refractivity contribution in [1.82, 2.24) is 10.2 Å². The topological polar surface area (TPSA) is 89.5 Å². The van der Waals surface area contributed by atoms with E-state index in [-0.39, 0.29) is 0 Å². The highest BCUT2D eigenvalue weighted by Crippen LogP contribution is 2.15. The van der Waals surface area contributed by atoms with Crippen LogP contribution < -0.4 is 10.4 Å². The molecule has 0 saturated carbocycles. The Hall–Kier alpha value is -1.59. The number of carboxylic acids is 1. The third-order valence-electron chi connectivity index (χ3n) is 1.73. The van der Waals surface area contributed by atoms with Crippen LogP contribution >= 0.6 is 0 Å². The summed E-state index contributed by atoms with van der Waals surface area (Å²) in [6.45, 7) is 2.30. The molecule has 1 heterocycles. The third kappa shape index (κ3) is 1.61. The molecule has 1 rings (SSSR count). The number of carbonyl (C=O) groups excluding carboxylic acids is 3. The lowest BCUT2D eigenvalue weighted by molar-refractivity contribution is -0.305.